The second kappa shape index (κ2) is 5.26. The minimum absolute atomic E-state index is 0.155. The van der Waals surface area contributed by atoms with E-state index in [9.17, 15) is 8.42 Å². The van der Waals surface area contributed by atoms with Crippen LogP contribution in [-0.4, -0.2) is 35.4 Å². The van der Waals surface area contributed by atoms with E-state index < -0.39 is 9.84 Å². The molecule has 1 N–H and O–H groups in total. The van der Waals surface area contributed by atoms with Crippen molar-refractivity contribution >= 4 is 9.84 Å². The van der Waals surface area contributed by atoms with Gasteiger partial charge in [0, 0.05) is 23.4 Å². The molecule has 112 valence electrons. The molecule has 0 radical (unpaired) electrons. The summed E-state index contributed by atoms with van der Waals surface area (Å²) in [6.45, 7) is 3.03. The predicted octanol–water partition coefficient (Wildman–Crippen LogP) is 1.71. The molecule has 1 aliphatic heterocycles. The van der Waals surface area contributed by atoms with Crippen LogP contribution in [0.4, 0.5) is 0 Å². The van der Waals surface area contributed by atoms with Gasteiger partial charge in [0.2, 0.25) is 0 Å². The number of hydrogen-bond acceptors (Lipinski definition) is 5. The van der Waals surface area contributed by atoms with E-state index >= 15 is 0 Å². The second-order valence-corrected chi connectivity index (χ2v) is 7.32. The highest BCUT2D eigenvalue weighted by atomic mass is 32.2. The fraction of sp³-hybridized carbons (Fsp3) is 0.571. The zero-order chi connectivity index (χ0) is 15.0. The first-order valence-electron chi connectivity index (χ1n) is 6.53. The number of sulfone groups is 1. The van der Waals surface area contributed by atoms with Crippen LogP contribution < -0.4 is 14.8 Å². The molecule has 1 saturated heterocycles. The molecule has 1 heterocycles. The van der Waals surface area contributed by atoms with Gasteiger partial charge >= 0.3 is 0 Å². The van der Waals surface area contributed by atoms with Gasteiger partial charge in [0.15, 0.2) is 9.84 Å². The van der Waals surface area contributed by atoms with E-state index in [1.54, 1.807) is 19.2 Å². The molecule has 0 saturated carbocycles. The zero-order valence-electron chi connectivity index (χ0n) is 12.3. The SMILES string of the molecule is COc1cc(S(C)(=O)=O)c(OC)cc1C1(C)CCCN1. The third-order valence-corrected chi connectivity index (χ3v) is 4.97. The molecule has 20 heavy (non-hydrogen) atoms. The van der Waals surface area contributed by atoms with E-state index in [-0.39, 0.29) is 10.4 Å². The van der Waals surface area contributed by atoms with Crippen LogP contribution in [0, 0.1) is 0 Å². The van der Waals surface area contributed by atoms with Crippen LogP contribution in [0.3, 0.4) is 0 Å². The molecule has 0 spiro atoms. The first kappa shape index (κ1) is 15.1. The summed E-state index contributed by atoms with van der Waals surface area (Å²) in [5.41, 5.74) is 0.719. The number of hydrogen-bond donors (Lipinski definition) is 1. The summed E-state index contributed by atoms with van der Waals surface area (Å²) in [5, 5.41) is 3.45. The van der Waals surface area contributed by atoms with Crippen LogP contribution in [-0.2, 0) is 15.4 Å². The van der Waals surface area contributed by atoms with Gasteiger partial charge in [0.05, 0.1) is 14.2 Å². The summed E-state index contributed by atoms with van der Waals surface area (Å²) in [6.07, 6.45) is 3.22. The Kier molecular flexibility index (Phi) is 3.97. The van der Waals surface area contributed by atoms with Crippen LogP contribution in [0.25, 0.3) is 0 Å². The highest BCUT2D eigenvalue weighted by Crippen LogP contribution is 2.41. The quantitative estimate of drug-likeness (QED) is 0.917. The Balaban J connectivity index is 2.65. The van der Waals surface area contributed by atoms with Gasteiger partial charge in [-0.25, -0.2) is 8.42 Å². The van der Waals surface area contributed by atoms with Gasteiger partial charge in [-0.15, -0.1) is 0 Å². The van der Waals surface area contributed by atoms with Crippen molar-refractivity contribution in [2.75, 3.05) is 27.0 Å². The van der Waals surface area contributed by atoms with Crippen molar-refractivity contribution in [3.8, 4) is 11.5 Å². The Morgan fingerprint density at radius 3 is 2.30 bits per heavy atom. The van der Waals surface area contributed by atoms with Crippen LogP contribution in [0.15, 0.2) is 17.0 Å². The van der Waals surface area contributed by atoms with E-state index in [1.165, 1.54) is 13.4 Å². The number of nitrogens with one attached hydrogen (secondary N) is 1. The van der Waals surface area contributed by atoms with Crippen LogP contribution in [0.5, 0.6) is 11.5 Å². The van der Waals surface area contributed by atoms with E-state index in [0.29, 0.717) is 11.5 Å². The highest BCUT2D eigenvalue weighted by molar-refractivity contribution is 7.90. The van der Waals surface area contributed by atoms with Gasteiger partial charge in [0.25, 0.3) is 0 Å². The molecule has 0 bridgehead atoms. The minimum Gasteiger partial charge on any atom is -0.496 e. The lowest BCUT2D eigenvalue weighted by molar-refractivity contribution is 0.359. The Morgan fingerprint density at radius 2 is 1.85 bits per heavy atom. The molecule has 6 heteroatoms. The largest absolute Gasteiger partial charge is 0.496 e. The van der Waals surface area contributed by atoms with Crippen LogP contribution >= 0.6 is 0 Å². The summed E-state index contributed by atoms with van der Waals surface area (Å²) < 4.78 is 34.3. The van der Waals surface area contributed by atoms with Crippen molar-refractivity contribution in [3.63, 3.8) is 0 Å². The third kappa shape index (κ3) is 2.62. The van der Waals surface area contributed by atoms with Crippen molar-refractivity contribution in [2.45, 2.75) is 30.2 Å². The molecule has 1 fully saturated rings. The summed E-state index contributed by atoms with van der Waals surface area (Å²) in [6, 6.07) is 3.32. The topological polar surface area (TPSA) is 64.6 Å². The normalized spacial score (nSPS) is 22.8. The lowest BCUT2D eigenvalue weighted by Crippen LogP contribution is -2.33. The fourth-order valence-corrected chi connectivity index (χ4v) is 3.54. The first-order valence-corrected chi connectivity index (χ1v) is 8.42. The van der Waals surface area contributed by atoms with Gasteiger partial charge < -0.3 is 14.8 Å². The van der Waals surface area contributed by atoms with Gasteiger partial charge in [-0.1, -0.05) is 0 Å². The molecule has 1 aromatic carbocycles. The maximum Gasteiger partial charge on any atom is 0.179 e. The van der Waals surface area contributed by atoms with Crippen LogP contribution in [0.1, 0.15) is 25.3 Å². The molecule has 1 unspecified atom stereocenters. The van der Waals surface area contributed by atoms with Crippen molar-refractivity contribution < 1.29 is 17.9 Å². The molecule has 1 aliphatic rings. The number of ether oxygens (including phenoxy) is 2. The molecule has 1 atom stereocenters. The second-order valence-electron chi connectivity index (χ2n) is 5.34. The first-order chi connectivity index (χ1) is 9.31. The Morgan fingerprint density at radius 1 is 1.20 bits per heavy atom. The van der Waals surface area contributed by atoms with E-state index in [2.05, 4.69) is 12.2 Å². The highest BCUT2D eigenvalue weighted by Gasteiger charge is 2.34. The molecule has 1 aromatic rings. The molecule has 0 aliphatic carbocycles. The average Bonchev–Trinajstić information content (AvgIpc) is 2.84. The zero-order valence-corrected chi connectivity index (χ0v) is 13.1. The minimum atomic E-state index is -3.36. The maximum absolute atomic E-state index is 11.8. The smallest absolute Gasteiger partial charge is 0.179 e. The van der Waals surface area contributed by atoms with Gasteiger partial charge in [-0.3, -0.25) is 0 Å². The predicted molar refractivity (Wildman–Crippen MR) is 77.2 cm³/mol. The molecular formula is C14H21NO4S. The van der Waals surface area contributed by atoms with Crippen LogP contribution in [0.2, 0.25) is 0 Å². The van der Waals surface area contributed by atoms with Gasteiger partial charge in [0.1, 0.15) is 16.4 Å². The summed E-state index contributed by atoms with van der Waals surface area (Å²) >= 11 is 0. The summed E-state index contributed by atoms with van der Waals surface area (Å²) in [4.78, 5) is 0.155. The van der Waals surface area contributed by atoms with Crippen molar-refractivity contribution in [1.29, 1.82) is 0 Å². The molecular weight excluding hydrogens is 278 g/mol. The lowest BCUT2D eigenvalue weighted by Gasteiger charge is -2.28. The summed E-state index contributed by atoms with van der Waals surface area (Å²) in [5.74, 6) is 0.932. The van der Waals surface area contributed by atoms with Gasteiger partial charge in [-0.2, -0.15) is 0 Å². The average molecular weight is 299 g/mol. The Bertz CT molecular complexity index is 604. The van der Waals surface area contributed by atoms with Crippen molar-refractivity contribution in [2.24, 2.45) is 0 Å². The number of rotatable bonds is 4. The maximum atomic E-state index is 11.8. The third-order valence-electron chi connectivity index (χ3n) is 3.85. The van der Waals surface area contributed by atoms with E-state index in [1.807, 2.05) is 0 Å². The Hall–Kier alpha value is -1.27. The molecule has 0 aromatic heterocycles. The fourth-order valence-electron chi connectivity index (χ4n) is 2.72. The monoisotopic (exact) mass is 299 g/mol. The number of benzene rings is 1. The van der Waals surface area contributed by atoms with Crippen molar-refractivity contribution in [3.05, 3.63) is 17.7 Å². The summed E-state index contributed by atoms with van der Waals surface area (Å²) in [7, 11) is -0.336. The molecule has 5 nitrogen and oxygen atoms in total. The van der Waals surface area contributed by atoms with E-state index in [0.717, 1.165) is 24.9 Å². The van der Waals surface area contributed by atoms with E-state index in [4.69, 9.17) is 9.47 Å². The van der Waals surface area contributed by atoms with Crippen molar-refractivity contribution in [1.82, 2.24) is 5.32 Å². The Labute approximate surface area is 120 Å². The molecule has 2 rings (SSSR count). The molecule has 0 amide bonds. The van der Waals surface area contributed by atoms with Gasteiger partial charge in [-0.05, 0) is 32.4 Å². The standard InChI is InChI=1S/C14H21NO4S/c1-14(6-5-7-15-14)10-8-12(19-3)13(20(4,16)17)9-11(10)18-2/h8-9,15H,5-7H2,1-4H3. The number of methoxy groups -OCH3 is 2. The lowest BCUT2D eigenvalue weighted by atomic mass is 9.89.